The molecular formula is C21H29N3O. The Labute approximate surface area is 150 Å². The van der Waals surface area contributed by atoms with Gasteiger partial charge in [0.15, 0.2) is 0 Å². The highest BCUT2D eigenvalue weighted by molar-refractivity contribution is 5.88. The molecule has 1 saturated heterocycles. The highest BCUT2D eigenvalue weighted by Gasteiger charge is 2.39. The third kappa shape index (κ3) is 2.77. The third-order valence-electron chi connectivity index (χ3n) is 6.39. The van der Waals surface area contributed by atoms with Gasteiger partial charge in [0.25, 0.3) is 0 Å². The van der Waals surface area contributed by atoms with Crippen molar-refractivity contribution in [3.05, 3.63) is 35.5 Å². The van der Waals surface area contributed by atoms with E-state index in [-0.39, 0.29) is 0 Å². The number of hydrogen-bond acceptors (Lipinski definition) is 2. The van der Waals surface area contributed by atoms with Gasteiger partial charge in [0.1, 0.15) is 0 Å². The summed E-state index contributed by atoms with van der Waals surface area (Å²) in [4.78, 5) is 20.5. The molecule has 4 heteroatoms. The number of rotatable bonds is 4. The van der Waals surface area contributed by atoms with Gasteiger partial charge in [0, 0.05) is 55.1 Å². The van der Waals surface area contributed by atoms with E-state index in [2.05, 4.69) is 55.2 Å². The van der Waals surface area contributed by atoms with Crippen LogP contribution in [0, 0.1) is 5.92 Å². The first-order valence-corrected chi connectivity index (χ1v) is 9.69. The molecule has 1 aromatic heterocycles. The van der Waals surface area contributed by atoms with Crippen molar-refractivity contribution in [2.75, 3.05) is 26.7 Å². The molecule has 1 aromatic carbocycles. The van der Waals surface area contributed by atoms with Crippen LogP contribution in [0.1, 0.15) is 43.7 Å². The molecule has 2 heterocycles. The van der Waals surface area contributed by atoms with Crippen LogP contribution in [-0.2, 0) is 11.2 Å². The van der Waals surface area contributed by atoms with Crippen molar-refractivity contribution < 1.29 is 4.79 Å². The monoisotopic (exact) mass is 339 g/mol. The minimum absolute atomic E-state index is 0.318. The Morgan fingerprint density at radius 1 is 1.32 bits per heavy atom. The molecule has 4 nitrogen and oxygen atoms in total. The largest absolute Gasteiger partial charge is 0.361 e. The quantitative estimate of drug-likeness (QED) is 0.927. The molecule has 1 unspecified atom stereocenters. The van der Waals surface area contributed by atoms with E-state index in [0.29, 0.717) is 30.2 Å². The van der Waals surface area contributed by atoms with E-state index in [4.69, 9.17) is 0 Å². The summed E-state index contributed by atoms with van der Waals surface area (Å²) < 4.78 is 0. The summed E-state index contributed by atoms with van der Waals surface area (Å²) in [7, 11) is 2.24. The highest BCUT2D eigenvalue weighted by atomic mass is 16.2. The fourth-order valence-corrected chi connectivity index (χ4v) is 5.15. The molecular weight excluding hydrogens is 310 g/mol. The molecule has 3 atom stereocenters. The predicted octanol–water partition coefficient (Wildman–Crippen LogP) is 3.39. The van der Waals surface area contributed by atoms with Crippen LogP contribution in [0.2, 0.25) is 0 Å². The number of likely N-dealkylation sites (N-methyl/N-ethyl adjacent to an activating group) is 1. The van der Waals surface area contributed by atoms with Crippen LogP contribution in [0.15, 0.2) is 24.4 Å². The second kappa shape index (κ2) is 6.49. The molecule has 0 bridgehead atoms. The Morgan fingerprint density at radius 3 is 2.88 bits per heavy atom. The molecule has 1 N–H and O–H groups in total. The zero-order chi connectivity index (χ0) is 17.6. The summed E-state index contributed by atoms with van der Waals surface area (Å²) in [5.41, 5.74) is 4.20. The van der Waals surface area contributed by atoms with Crippen LogP contribution in [0.4, 0.5) is 0 Å². The zero-order valence-corrected chi connectivity index (χ0v) is 15.6. The van der Waals surface area contributed by atoms with Crippen molar-refractivity contribution in [3.8, 4) is 0 Å². The van der Waals surface area contributed by atoms with E-state index in [1.54, 1.807) is 0 Å². The number of hydrogen-bond donors (Lipinski definition) is 1. The van der Waals surface area contributed by atoms with Gasteiger partial charge in [-0.25, -0.2) is 0 Å². The maximum absolute atomic E-state index is 12.6. The van der Waals surface area contributed by atoms with Gasteiger partial charge in [-0.1, -0.05) is 12.1 Å². The van der Waals surface area contributed by atoms with E-state index >= 15 is 0 Å². The third-order valence-corrected chi connectivity index (χ3v) is 6.39. The van der Waals surface area contributed by atoms with E-state index in [9.17, 15) is 4.79 Å². The molecule has 0 spiro atoms. The summed E-state index contributed by atoms with van der Waals surface area (Å²) in [6.45, 7) is 6.80. The number of benzene rings is 1. The Balaban J connectivity index is 1.60. The van der Waals surface area contributed by atoms with Crippen LogP contribution >= 0.6 is 0 Å². The first-order chi connectivity index (χ1) is 12.1. The fraction of sp³-hybridized carbons (Fsp3) is 0.571. The summed E-state index contributed by atoms with van der Waals surface area (Å²) in [6.07, 6.45) is 5.13. The topological polar surface area (TPSA) is 39.3 Å². The Morgan fingerprint density at radius 2 is 2.12 bits per heavy atom. The minimum Gasteiger partial charge on any atom is -0.361 e. The van der Waals surface area contributed by atoms with Crippen molar-refractivity contribution in [1.29, 1.82) is 0 Å². The first-order valence-electron chi connectivity index (χ1n) is 9.69. The Bertz CT molecular complexity index is 777. The standard InChI is InChI=1S/C21H29N3O/c1-4-24(5-2)20(25)10-14-9-17-16-7-6-8-18-21(16)15(12-22-18)11-19(17)23(3)13-14/h6-8,12,14,17,19,22H,4-5,9-11,13H2,1-3H3/t14?,17-,19-/m0/s1. The predicted molar refractivity (Wildman–Crippen MR) is 102 cm³/mol. The van der Waals surface area contributed by atoms with Gasteiger partial charge < -0.3 is 14.8 Å². The van der Waals surface area contributed by atoms with Crippen molar-refractivity contribution in [1.82, 2.24) is 14.8 Å². The number of aromatic amines is 1. The number of H-pyrrole nitrogens is 1. The van der Waals surface area contributed by atoms with Crippen LogP contribution in [-0.4, -0.2) is 53.4 Å². The number of aromatic nitrogens is 1. The van der Waals surface area contributed by atoms with Gasteiger partial charge >= 0.3 is 0 Å². The number of nitrogens with one attached hydrogen (secondary N) is 1. The number of carbonyl (C=O) groups is 1. The lowest BCUT2D eigenvalue weighted by molar-refractivity contribution is -0.132. The van der Waals surface area contributed by atoms with Gasteiger partial charge in [-0.05, 0) is 56.8 Å². The van der Waals surface area contributed by atoms with Crippen molar-refractivity contribution in [2.24, 2.45) is 5.92 Å². The molecule has 25 heavy (non-hydrogen) atoms. The SMILES string of the molecule is CCN(CC)C(=O)CC1C[C@H]2c3cccc4[nH]cc(c34)C[C@@H]2N(C)C1. The van der Waals surface area contributed by atoms with Gasteiger partial charge in [0.2, 0.25) is 5.91 Å². The normalized spacial score (nSPS) is 25.8. The van der Waals surface area contributed by atoms with Crippen molar-refractivity contribution in [3.63, 3.8) is 0 Å². The van der Waals surface area contributed by atoms with E-state index in [1.807, 2.05) is 4.90 Å². The summed E-state index contributed by atoms with van der Waals surface area (Å²) in [5.74, 6) is 1.31. The van der Waals surface area contributed by atoms with Crippen LogP contribution in [0.25, 0.3) is 10.9 Å². The lowest BCUT2D eigenvalue weighted by atomic mass is 9.72. The molecule has 134 valence electrons. The summed E-state index contributed by atoms with van der Waals surface area (Å²) >= 11 is 0. The lowest BCUT2D eigenvalue weighted by Gasteiger charge is -2.45. The van der Waals surface area contributed by atoms with Crippen molar-refractivity contribution in [2.45, 2.75) is 45.1 Å². The Hall–Kier alpha value is -1.81. The van der Waals surface area contributed by atoms with Gasteiger partial charge in [-0.15, -0.1) is 0 Å². The molecule has 4 rings (SSSR count). The molecule has 1 aliphatic carbocycles. The number of carbonyl (C=O) groups excluding carboxylic acids is 1. The Kier molecular flexibility index (Phi) is 4.32. The molecule has 2 aromatic rings. The number of piperidine rings is 1. The van der Waals surface area contributed by atoms with E-state index in [1.165, 1.54) is 22.0 Å². The first kappa shape index (κ1) is 16.6. The molecule has 1 fully saturated rings. The number of fused-ring (bicyclic) bond motifs is 2. The van der Waals surface area contributed by atoms with E-state index in [0.717, 1.165) is 32.5 Å². The molecule has 2 aliphatic rings. The molecule has 0 saturated carbocycles. The maximum atomic E-state index is 12.6. The minimum atomic E-state index is 0.318. The van der Waals surface area contributed by atoms with Crippen LogP contribution in [0.5, 0.6) is 0 Å². The van der Waals surface area contributed by atoms with Crippen LogP contribution in [0.3, 0.4) is 0 Å². The lowest BCUT2D eigenvalue weighted by Crippen LogP contribution is -2.48. The smallest absolute Gasteiger partial charge is 0.222 e. The van der Waals surface area contributed by atoms with E-state index < -0.39 is 0 Å². The second-order valence-electron chi connectivity index (χ2n) is 7.77. The van der Waals surface area contributed by atoms with Gasteiger partial charge in [0.05, 0.1) is 0 Å². The summed E-state index contributed by atoms with van der Waals surface area (Å²) in [6, 6.07) is 7.22. The second-order valence-corrected chi connectivity index (χ2v) is 7.77. The highest BCUT2D eigenvalue weighted by Crippen LogP contribution is 2.44. The number of likely N-dealkylation sites (tertiary alicyclic amines) is 1. The number of nitrogens with zero attached hydrogens (tertiary/aromatic N) is 2. The molecule has 1 amide bonds. The molecule has 1 aliphatic heterocycles. The zero-order valence-electron chi connectivity index (χ0n) is 15.6. The van der Waals surface area contributed by atoms with Gasteiger partial charge in [-0.2, -0.15) is 0 Å². The van der Waals surface area contributed by atoms with Crippen molar-refractivity contribution >= 4 is 16.8 Å². The maximum Gasteiger partial charge on any atom is 0.222 e. The fourth-order valence-electron chi connectivity index (χ4n) is 5.15. The number of amides is 1. The average molecular weight is 339 g/mol. The average Bonchev–Trinajstić information content (AvgIpc) is 3.02. The van der Waals surface area contributed by atoms with Crippen LogP contribution < -0.4 is 0 Å². The summed E-state index contributed by atoms with van der Waals surface area (Å²) in [5, 5.41) is 1.44. The molecule has 0 radical (unpaired) electrons. The van der Waals surface area contributed by atoms with Gasteiger partial charge in [-0.3, -0.25) is 4.79 Å².